The maximum atomic E-state index is 9.86. The van der Waals surface area contributed by atoms with Crippen LogP contribution in [-0.4, -0.2) is 69.8 Å². The highest BCUT2D eigenvalue weighted by molar-refractivity contribution is 7.89. The minimum atomic E-state index is -4.30. The normalized spacial score (nSPS) is 13.5. The maximum absolute atomic E-state index is 9.86. The number of rotatable bonds is 7. The Labute approximate surface area is 185 Å². The van der Waals surface area contributed by atoms with E-state index in [2.05, 4.69) is 9.97 Å². The quantitative estimate of drug-likeness (QED) is 0.404. The number of hydrogen-bond donors (Lipinski definition) is 4. The van der Waals surface area contributed by atoms with Crippen LogP contribution in [0.3, 0.4) is 0 Å². The van der Waals surface area contributed by atoms with Gasteiger partial charge in [-0.2, -0.15) is 16.8 Å². The molecule has 0 saturated carbocycles. The van der Waals surface area contributed by atoms with Gasteiger partial charge < -0.3 is 10.2 Å². The molecule has 30 heavy (non-hydrogen) atoms. The lowest BCUT2D eigenvalue weighted by Gasteiger charge is -2.00. The molecule has 174 valence electrons. The van der Waals surface area contributed by atoms with Crippen molar-refractivity contribution in [2.24, 2.45) is 0 Å². The molecule has 2 atom stereocenters. The second-order valence-corrected chi connectivity index (χ2v) is 11.4. The molecule has 2 rings (SSSR count). The first-order valence-corrected chi connectivity index (χ1v) is 13.6. The number of hydrogen-bond acceptors (Lipinski definition) is 10. The fourth-order valence-corrected chi connectivity index (χ4v) is 5.27. The molecule has 14 heteroatoms. The molecular formula is C16H28N2O8S4. The number of aliphatic hydroxyl groups excluding tert-OH is 2. The zero-order valence-electron chi connectivity index (χ0n) is 17.1. The SMILES string of the molecule is Cc1ncsc1CC(C)O.Cc1ncsc1CC(C)O.O=S(=O)(O)CCS(=O)(=O)O. The van der Waals surface area contributed by atoms with Gasteiger partial charge in [0.15, 0.2) is 0 Å². The summed E-state index contributed by atoms with van der Waals surface area (Å²) in [6.45, 7) is 7.51. The van der Waals surface area contributed by atoms with Crippen molar-refractivity contribution in [1.29, 1.82) is 0 Å². The molecule has 2 heterocycles. The van der Waals surface area contributed by atoms with Crippen molar-refractivity contribution in [3.63, 3.8) is 0 Å². The van der Waals surface area contributed by atoms with Crippen molar-refractivity contribution in [2.45, 2.75) is 52.7 Å². The lowest BCUT2D eigenvalue weighted by Crippen LogP contribution is -2.15. The average molecular weight is 505 g/mol. The van der Waals surface area contributed by atoms with Gasteiger partial charge in [-0.3, -0.25) is 9.11 Å². The van der Waals surface area contributed by atoms with Crippen LogP contribution in [0, 0.1) is 13.8 Å². The molecule has 0 aliphatic rings. The van der Waals surface area contributed by atoms with E-state index in [4.69, 9.17) is 19.3 Å². The van der Waals surface area contributed by atoms with E-state index in [0.717, 1.165) is 24.2 Å². The highest BCUT2D eigenvalue weighted by atomic mass is 32.2. The van der Waals surface area contributed by atoms with Gasteiger partial charge >= 0.3 is 0 Å². The van der Waals surface area contributed by atoms with Crippen molar-refractivity contribution in [3.05, 3.63) is 32.2 Å². The molecule has 0 radical (unpaired) electrons. The number of aliphatic hydroxyl groups is 2. The first kappa shape index (κ1) is 29.0. The van der Waals surface area contributed by atoms with Gasteiger partial charge in [-0.25, -0.2) is 9.97 Å². The molecule has 0 amide bonds. The monoisotopic (exact) mass is 504 g/mol. The molecule has 0 aliphatic heterocycles. The molecule has 0 saturated heterocycles. The summed E-state index contributed by atoms with van der Waals surface area (Å²) < 4.78 is 55.4. The lowest BCUT2D eigenvalue weighted by molar-refractivity contribution is 0.195. The molecule has 2 unspecified atom stereocenters. The minimum absolute atomic E-state index is 0.251. The number of aromatic nitrogens is 2. The molecule has 0 spiro atoms. The Morgan fingerprint density at radius 3 is 1.27 bits per heavy atom. The molecule has 2 aromatic rings. The van der Waals surface area contributed by atoms with Crippen LogP contribution in [0.25, 0.3) is 0 Å². The van der Waals surface area contributed by atoms with Crippen molar-refractivity contribution < 1.29 is 36.2 Å². The van der Waals surface area contributed by atoms with Crippen molar-refractivity contribution in [2.75, 3.05) is 11.5 Å². The fourth-order valence-electron chi connectivity index (χ4n) is 1.79. The summed E-state index contributed by atoms with van der Waals surface area (Å²) in [5, 5.41) is 18.1. The average Bonchev–Trinajstić information content (AvgIpc) is 3.14. The van der Waals surface area contributed by atoms with Gasteiger partial charge in [-0.15, -0.1) is 22.7 Å². The van der Waals surface area contributed by atoms with Crippen LogP contribution in [0.5, 0.6) is 0 Å². The van der Waals surface area contributed by atoms with E-state index in [1.54, 1.807) is 36.5 Å². The summed E-state index contributed by atoms with van der Waals surface area (Å²) in [5.41, 5.74) is 5.72. The van der Waals surface area contributed by atoms with E-state index >= 15 is 0 Å². The van der Waals surface area contributed by atoms with Crippen LogP contribution in [0.1, 0.15) is 35.0 Å². The van der Waals surface area contributed by atoms with Crippen LogP contribution < -0.4 is 0 Å². The summed E-state index contributed by atoms with van der Waals surface area (Å²) in [5.74, 6) is -1.96. The van der Waals surface area contributed by atoms with Crippen molar-refractivity contribution in [3.8, 4) is 0 Å². The molecule has 0 bridgehead atoms. The van der Waals surface area contributed by atoms with E-state index in [1.807, 2.05) is 24.9 Å². The van der Waals surface area contributed by atoms with E-state index in [0.29, 0.717) is 0 Å². The van der Waals surface area contributed by atoms with E-state index in [9.17, 15) is 16.8 Å². The van der Waals surface area contributed by atoms with Crippen molar-refractivity contribution in [1.82, 2.24) is 9.97 Å². The van der Waals surface area contributed by atoms with E-state index in [1.165, 1.54) is 9.75 Å². The van der Waals surface area contributed by atoms with Gasteiger partial charge in [-0.1, -0.05) is 0 Å². The fraction of sp³-hybridized carbons (Fsp3) is 0.625. The third-order valence-corrected chi connectivity index (χ3v) is 6.86. The molecule has 10 nitrogen and oxygen atoms in total. The summed E-state index contributed by atoms with van der Waals surface area (Å²) in [7, 11) is -8.59. The predicted molar refractivity (Wildman–Crippen MR) is 117 cm³/mol. The molecule has 0 aliphatic carbocycles. The Morgan fingerprint density at radius 1 is 0.800 bits per heavy atom. The lowest BCUT2D eigenvalue weighted by atomic mass is 10.2. The van der Waals surface area contributed by atoms with Gasteiger partial charge in [0.1, 0.15) is 0 Å². The van der Waals surface area contributed by atoms with Gasteiger partial charge in [0.05, 0.1) is 46.1 Å². The van der Waals surface area contributed by atoms with Gasteiger partial charge in [0.25, 0.3) is 20.2 Å². The summed E-state index contributed by atoms with van der Waals surface area (Å²) in [4.78, 5) is 10.5. The second kappa shape index (κ2) is 13.4. The molecule has 0 aromatic carbocycles. The first-order chi connectivity index (χ1) is 13.6. The number of aryl methyl sites for hydroxylation is 2. The standard InChI is InChI=1S/2C7H11NOS.C2H6O6S2/c2*1-5(9)3-7-6(2)8-4-10-7;3-9(4,5)1-2-10(6,7)8/h2*4-5,9H,3H2,1-2H3;1-2H2,(H,3,4,5)(H,6,7,8). The molecular weight excluding hydrogens is 476 g/mol. The van der Waals surface area contributed by atoms with E-state index < -0.39 is 31.7 Å². The third-order valence-electron chi connectivity index (χ3n) is 3.25. The maximum Gasteiger partial charge on any atom is 0.265 e. The highest BCUT2D eigenvalue weighted by Gasteiger charge is 2.11. The Balaban J connectivity index is 0.000000420. The third kappa shape index (κ3) is 15.8. The molecule has 2 aromatic heterocycles. The summed E-state index contributed by atoms with van der Waals surface area (Å²) in [6.07, 6.45) is 0.964. The van der Waals surface area contributed by atoms with Gasteiger partial charge in [-0.05, 0) is 27.7 Å². The van der Waals surface area contributed by atoms with Crippen LogP contribution in [0.2, 0.25) is 0 Å². The van der Waals surface area contributed by atoms with Crippen LogP contribution in [0.4, 0.5) is 0 Å². The largest absolute Gasteiger partial charge is 0.393 e. The molecule has 0 fully saturated rings. The highest BCUT2D eigenvalue weighted by Crippen LogP contribution is 2.14. The number of thiazole rings is 2. The molecule has 4 N–H and O–H groups in total. The minimum Gasteiger partial charge on any atom is -0.393 e. The second-order valence-electron chi connectivity index (χ2n) is 6.40. The first-order valence-electron chi connectivity index (χ1n) is 8.65. The summed E-state index contributed by atoms with van der Waals surface area (Å²) >= 11 is 3.21. The topological polar surface area (TPSA) is 175 Å². The Bertz CT molecular complexity index is 871. The predicted octanol–water partition coefficient (Wildman–Crippen LogP) is 1.51. The van der Waals surface area contributed by atoms with Crippen molar-refractivity contribution >= 4 is 42.9 Å². The van der Waals surface area contributed by atoms with Gasteiger partial charge in [0, 0.05) is 22.6 Å². The summed E-state index contributed by atoms with van der Waals surface area (Å²) in [6, 6.07) is 0. The van der Waals surface area contributed by atoms with Gasteiger partial charge in [0.2, 0.25) is 0 Å². The Hall–Kier alpha value is -1.00. The van der Waals surface area contributed by atoms with Crippen LogP contribution in [-0.2, 0) is 33.1 Å². The Kier molecular flexibility index (Phi) is 13.0. The number of nitrogens with zero attached hydrogens (tertiary/aromatic N) is 2. The van der Waals surface area contributed by atoms with Crippen LogP contribution in [0.15, 0.2) is 11.0 Å². The Morgan fingerprint density at radius 2 is 1.10 bits per heavy atom. The smallest absolute Gasteiger partial charge is 0.265 e. The zero-order chi connectivity index (χ0) is 23.5. The van der Waals surface area contributed by atoms with Crippen LogP contribution >= 0.6 is 22.7 Å². The van der Waals surface area contributed by atoms with E-state index in [-0.39, 0.29) is 12.2 Å². The zero-order valence-corrected chi connectivity index (χ0v) is 20.4.